The lowest BCUT2D eigenvalue weighted by atomic mass is 10.1. The average Bonchev–Trinajstić information content (AvgIpc) is 2.50. The van der Waals surface area contributed by atoms with Crippen molar-refractivity contribution in [3.63, 3.8) is 0 Å². The molecule has 1 fully saturated rings. The highest BCUT2D eigenvalue weighted by atomic mass is 79.9. The van der Waals surface area contributed by atoms with Crippen molar-refractivity contribution in [2.75, 3.05) is 33.3 Å². The highest BCUT2D eigenvalue weighted by Crippen LogP contribution is 2.25. The van der Waals surface area contributed by atoms with Crippen molar-refractivity contribution in [2.45, 2.75) is 39.3 Å². The van der Waals surface area contributed by atoms with E-state index in [1.807, 2.05) is 12.1 Å². The second-order valence-corrected chi connectivity index (χ2v) is 6.65. The summed E-state index contributed by atoms with van der Waals surface area (Å²) in [6, 6.07) is 7.01. The number of halogens is 1. The fourth-order valence-corrected chi connectivity index (χ4v) is 3.61. The standard InChI is InChI=1S/C17H27BrN2O/c1-4-16(5-2)20-10-8-19(9-11-20)13-14-12-15(18)6-7-17(14)21-3/h6-7,12,16H,4-5,8-11,13H2,1-3H3. The molecule has 0 atom stereocenters. The number of methoxy groups -OCH3 is 1. The first-order valence-electron chi connectivity index (χ1n) is 7.96. The van der Waals surface area contributed by atoms with Crippen molar-refractivity contribution >= 4 is 15.9 Å². The Kier molecular flexibility index (Phi) is 6.52. The zero-order valence-corrected chi connectivity index (χ0v) is 15.0. The fraction of sp³-hybridized carbons (Fsp3) is 0.647. The van der Waals surface area contributed by atoms with Crippen molar-refractivity contribution in [3.8, 4) is 5.75 Å². The van der Waals surface area contributed by atoms with E-state index < -0.39 is 0 Å². The number of nitrogens with zero attached hydrogens (tertiary/aromatic N) is 2. The Balaban J connectivity index is 1.93. The Morgan fingerprint density at radius 3 is 2.38 bits per heavy atom. The van der Waals surface area contributed by atoms with Gasteiger partial charge in [-0.1, -0.05) is 29.8 Å². The predicted octanol–water partition coefficient (Wildman–Crippen LogP) is 3.76. The fourth-order valence-electron chi connectivity index (χ4n) is 3.20. The molecule has 0 aromatic heterocycles. The average molecular weight is 355 g/mol. The van der Waals surface area contributed by atoms with Crippen LogP contribution in [0.5, 0.6) is 5.75 Å². The van der Waals surface area contributed by atoms with Gasteiger partial charge in [0.1, 0.15) is 5.75 Å². The molecule has 1 aromatic carbocycles. The molecule has 3 nitrogen and oxygen atoms in total. The molecule has 0 aliphatic carbocycles. The predicted molar refractivity (Wildman–Crippen MR) is 91.9 cm³/mol. The third-order valence-corrected chi connectivity index (χ3v) is 5.00. The zero-order valence-electron chi connectivity index (χ0n) is 13.4. The molecule has 2 rings (SSSR count). The summed E-state index contributed by atoms with van der Waals surface area (Å²) in [6.07, 6.45) is 2.52. The van der Waals surface area contributed by atoms with Crippen LogP contribution in [0.25, 0.3) is 0 Å². The molecule has 1 aliphatic heterocycles. The van der Waals surface area contributed by atoms with Crippen LogP contribution in [0.3, 0.4) is 0 Å². The molecule has 1 aliphatic rings. The first-order chi connectivity index (χ1) is 10.2. The van der Waals surface area contributed by atoms with Gasteiger partial charge in [-0.15, -0.1) is 0 Å². The molecule has 1 saturated heterocycles. The Hall–Kier alpha value is -0.580. The first-order valence-corrected chi connectivity index (χ1v) is 8.76. The lowest BCUT2D eigenvalue weighted by molar-refractivity contribution is 0.0876. The zero-order chi connectivity index (χ0) is 15.2. The van der Waals surface area contributed by atoms with E-state index in [9.17, 15) is 0 Å². The number of hydrogen-bond acceptors (Lipinski definition) is 3. The van der Waals surface area contributed by atoms with Gasteiger partial charge in [0.2, 0.25) is 0 Å². The van der Waals surface area contributed by atoms with Gasteiger partial charge < -0.3 is 4.74 Å². The maximum atomic E-state index is 5.48. The van der Waals surface area contributed by atoms with E-state index in [2.05, 4.69) is 45.6 Å². The highest BCUT2D eigenvalue weighted by molar-refractivity contribution is 9.10. The molecule has 0 radical (unpaired) electrons. The van der Waals surface area contributed by atoms with Crippen LogP contribution in [0.15, 0.2) is 22.7 Å². The Labute approximate surface area is 137 Å². The summed E-state index contributed by atoms with van der Waals surface area (Å²) in [5.74, 6) is 0.987. The van der Waals surface area contributed by atoms with Crippen molar-refractivity contribution in [3.05, 3.63) is 28.2 Å². The second-order valence-electron chi connectivity index (χ2n) is 5.74. The molecule has 0 spiro atoms. The SMILES string of the molecule is CCC(CC)N1CCN(Cc2cc(Br)ccc2OC)CC1. The molecule has 21 heavy (non-hydrogen) atoms. The summed E-state index contributed by atoms with van der Waals surface area (Å²) in [5, 5.41) is 0. The molecule has 0 bridgehead atoms. The third-order valence-electron chi connectivity index (χ3n) is 4.50. The monoisotopic (exact) mass is 354 g/mol. The van der Waals surface area contributed by atoms with E-state index in [0.717, 1.165) is 35.9 Å². The van der Waals surface area contributed by atoms with Crippen LogP contribution in [0, 0.1) is 0 Å². The molecule has 1 heterocycles. The van der Waals surface area contributed by atoms with Crippen LogP contribution in [-0.2, 0) is 6.54 Å². The van der Waals surface area contributed by atoms with Gasteiger partial charge in [-0.2, -0.15) is 0 Å². The topological polar surface area (TPSA) is 15.7 Å². The number of ether oxygens (including phenoxy) is 1. The third kappa shape index (κ3) is 4.44. The minimum absolute atomic E-state index is 0.757. The van der Waals surface area contributed by atoms with Crippen molar-refractivity contribution in [1.82, 2.24) is 9.80 Å². The van der Waals surface area contributed by atoms with Crippen LogP contribution in [0.1, 0.15) is 32.3 Å². The van der Waals surface area contributed by atoms with Gasteiger partial charge in [0.25, 0.3) is 0 Å². The van der Waals surface area contributed by atoms with Crippen LogP contribution in [0.2, 0.25) is 0 Å². The molecule has 0 N–H and O–H groups in total. The molecule has 0 unspecified atom stereocenters. The summed E-state index contributed by atoms with van der Waals surface area (Å²) in [4.78, 5) is 5.18. The maximum absolute atomic E-state index is 5.48. The van der Waals surface area contributed by atoms with Crippen LogP contribution < -0.4 is 4.74 Å². The molecule has 0 saturated carbocycles. The van der Waals surface area contributed by atoms with Gasteiger partial charge in [-0.05, 0) is 31.0 Å². The summed E-state index contributed by atoms with van der Waals surface area (Å²) in [5.41, 5.74) is 1.27. The van der Waals surface area contributed by atoms with Crippen molar-refractivity contribution < 1.29 is 4.74 Å². The number of piperazine rings is 1. The number of rotatable bonds is 6. The maximum Gasteiger partial charge on any atom is 0.123 e. The minimum Gasteiger partial charge on any atom is -0.496 e. The Morgan fingerprint density at radius 1 is 1.14 bits per heavy atom. The van der Waals surface area contributed by atoms with E-state index in [0.29, 0.717) is 0 Å². The van der Waals surface area contributed by atoms with E-state index in [-0.39, 0.29) is 0 Å². The molecular weight excluding hydrogens is 328 g/mol. The van der Waals surface area contributed by atoms with Crippen LogP contribution >= 0.6 is 15.9 Å². The molecule has 4 heteroatoms. The quantitative estimate of drug-likeness (QED) is 0.773. The Morgan fingerprint density at radius 2 is 1.81 bits per heavy atom. The van der Waals surface area contributed by atoms with Gasteiger partial charge in [0.05, 0.1) is 7.11 Å². The van der Waals surface area contributed by atoms with Crippen LogP contribution in [0.4, 0.5) is 0 Å². The van der Waals surface area contributed by atoms with E-state index in [4.69, 9.17) is 4.74 Å². The molecule has 0 amide bonds. The van der Waals surface area contributed by atoms with E-state index >= 15 is 0 Å². The van der Waals surface area contributed by atoms with Gasteiger partial charge >= 0.3 is 0 Å². The molecule has 118 valence electrons. The number of hydrogen-bond donors (Lipinski definition) is 0. The van der Waals surface area contributed by atoms with Gasteiger partial charge in [0, 0.05) is 48.8 Å². The lowest BCUT2D eigenvalue weighted by Gasteiger charge is -2.39. The Bertz CT molecular complexity index is 440. The van der Waals surface area contributed by atoms with E-state index in [1.54, 1.807) is 7.11 Å². The summed E-state index contributed by atoms with van der Waals surface area (Å²) < 4.78 is 6.60. The van der Waals surface area contributed by atoms with Crippen LogP contribution in [-0.4, -0.2) is 49.1 Å². The summed E-state index contributed by atoms with van der Waals surface area (Å²) in [6.45, 7) is 10.2. The van der Waals surface area contributed by atoms with E-state index in [1.165, 1.54) is 31.5 Å². The first kappa shape index (κ1) is 16.8. The van der Waals surface area contributed by atoms with Gasteiger partial charge in [0.15, 0.2) is 0 Å². The molecular formula is C17H27BrN2O. The second kappa shape index (κ2) is 8.16. The normalized spacial score (nSPS) is 17.4. The summed E-state index contributed by atoms with van der Waals surface area (Å²) in [7, 11) is 1.75. The van der Waals surface area contributed by atoms with Crippen molar-refractivity contribution in [2.24, 2.45) is 0 Å². The molecule has 1 aromatic rings. The van der Waals surface area contributed by atoms with Gasteiger partial charge in [-0.3, -0.25) is 9.80 Å². The smallest absolute Gasteiger partial charge is 0.123 e. The minimum atomic E-state index is 0.757. The van der Waals surface area contributed by atoms with Gasteiger partial charge in [-0.25, -0.2) is 0 Å². The lowest BCUT2D eigenvalue weighted by Crippen LogP contribution is -2.49. The summed E-state index contributed by atoms with van der Waals surface area (Å²) >= 11 is 3.56. The highest BCUT2D eigenvalue weighted by Gasteiger charge is 2.22. The van der Waals surface area contributed by atoms with Crippen molar-refractivity contribution in [1.29, 1.82) is 0 Å². The largest absolute Gasteiger partial charge is 0.496 e. The number of benzene rings is 1.